The third-order valence-corrected chi connectivity index (χ3v) is 3.84. The zero-order valence-corrected chi connectivity index (χ0v) is 10.9. The molecule has 3 rings (SSSR count). The van der Waals surface area contributed by atoms with E-state index >= 15 is 0 Å². The fourth-order valence-corrected chi connectivity index (χ4v) is 2.64. The summed E-state index contributed by atoms with van der Waals surface area (Å²) in [6.07, 6.45) is 2.50. The number of carbonyl (C=O) groups is 2. The van der Waals surface area contributed by atoms with Crippen molar-refractivity contribution in [3.63, 3.8) is 0 Å². The van der Waals surface area contributed by atoms with Crippen LogP contribution in [0.25, 0.3) is 11.0 Å². The van der Waals surface area contributed by atoms with Crippen LogP contribution in [0, 0.1) is 5.92 Å². The quantitative estimate of drug-likeness (QED) is 0.911. The summed E-state index contributed by atoms with van der Waals surface area (Å²) in [5, 5.41) is 9.77. The molecule has 0 saturated carbocycles. The molecule has 2 heterocycles. The van der Waals surface area contributed by atoms with E-state index in [1.165, 1.54) is 6.26 Å². The van der Waals surface area contributed by atoms with Crippen LogP contribution in [0.2, 0.25) is 0 Å². The number of benzene rings is 1. The number of likely N-dealkylation sites (tertiary alicyclic amines) is 1. The van der Waals surface area contributed by atoms with Gasteiger partial charge in [0.1, 0.15) is 11.8 Å². The number of furan rings is 1. The molecule has 1 aromatic carbocycles. The fraction of sp³-hybridized carbons (Fsp3) is 0.333. The summed E-state index contributed by atoms with van der Waals surface area (Å²) in [6.45, 7) is 0.963. The standard InChI is InChI=1S/C15H15NO4/c17-14(16-7-5-10(6-8-16)15(18)19)12-9-20-13-4-2-1-3-11(12)13/h1-4,9-10H,5-8H2,(H,18,19). The Bertz CT molecular complexity index is 653. The highest BCUT2D eigenvalue weighted by Gasteiger charge is 2.28. The van der Waals surface area contributed by atoms with Gasteiger partial charge in [-0.05, 0) is 18.9 Å². The first-order valence-corrected chi connectivity index (χ1v) is 6.65. The van der Waals surface area contributed by atoms with Gasteiger partial charge in [-0.25, -0.2) is 0 Å². The second-order valence-electron chi connectivity index (χ2n) is 5.05. The van der Waals surface area contributed by atoms with Crippen LogP contribution in [0.5, 0.6) is 0 Å². The molecule has 5 nitrogen and oxygen atoms in total. The largest absolute Gasteiger partial charge is 0.481 e. The third-order valence-electron chi connectivity index (χ3n) is 3.84. The smallest absolute Gasteiger partial charge is 0.306 e. The Morgan fingerprint density at radius 3 is 2.60 bits per heavy atom. The lowest BCUT2D eigenvalue weighted by Gasteiger charge is -2.29. The van der Waals surface area contributed by atoms with Crippen molar-refractivity contribution in [2.75, 3.05) is 13.1 Å². The highest BCUT2D eigenvalue weighted by molar-refractivity contribution is 6.05. The van der Waals surface area contributed by atoms with Crippen LogP contribution in [0.15, 0.2) is 34.9 Å². The van der Waals surface area contributed by atoms with Crippen LogP contribution < -0.4 is 0 Å². The van der Waals surface area contributed by atoms with E-state index in [-0.39, 0.29) is 11.8 Å². The highest BCUT2D eigenvalue weighted by atomic mass is 16.4. The molecule has 5 heteroatoms. The molecular formula is C15H15NO4. The number of nitrogens with zero attached hydrogens (tertiary/aromatic N) is 1. The zero-order valence-electron chi connectivity index (χ0n) is 10.9. The molecule has 1 amide bonds. The Balaban J connectivity index is 1.78. The molecule has 1 aromatic heterocycles. The molecular weight excluding hydrogens is 258 g/mol. The molecule has 1 aliphatic rings. The molecule has 2 aromatic rings. The van der Waals surface area contributed by atoms with Crippen molar-refractivity contribution in [1.82, 2.24) is 4.90 Å². The number of para-hydroxylation sites is 1. The Labute approximate surface area is 115 Å². The van der Waals surface area contributed by atoms with Crippen LogP contribution in [0.1, 0.15) is 23.2 Å². The van der Waals surface area contributed by atoms with Gasteiger partial charge >= 0.3 is 5.97 Å². The number of hydrogen-bond acceptors (Lipinski definition) is 3. The second-order valence-corrected chi connectivity index (χ2v) is 5.05. The first-order chi connectivity index (χ1) is 9.66. The molecule has 1 aliphatic heterocycles. The number of hydrogen-bond donors (Lipinski definition) is 1. The number of fused-ring (bicyclic) bond motifs is 1. The van der Waals surface area contributed by atoms with E-state index in [9.17, 15) is 9.59 Å². The normalized spacial score (nSPS) is 16.5. The molecule has 1 saturated heterocycles. The highest BCUT2D eigenvalue weighted by Crippen LogP contribution is 2.24. The number of carboxylic acid groups (broad SMARTS) is 1. The van der Waals surface area contributed by atoms with Crippen molar-refractivity contribution in [1.29, 1.82) is 0 Å². The Morgan fingerprint density at radius 1 is 1.20 bits per heavy atom. The van der Waals surface area contributed by atoms with Gasteiger partial charge in [0.05, 0.1) is 11.5 Å². The summed E-state index contributed by atoms with van der Waals surface area (Å²) in [5.74, 6) is -1.19. The monoisotopic (exact) mass is 273 g/mol. The van der Waals surface area contributed by atoms with Crippen molar-refractivity contribution < 1.29 is 19.1 Å². The van der Waals surface area contributed by atoms with Gasteiger partial charge < -0.3 is 14.4 Å². The molecule has 20 heavy (non-hydrogen) atoms. The molecule has 0 radical (unpaired) electrons. The summed E-state index contributed by atoms with van der Waals surface area (Å²) >= 11 is 0. The van der Waals surface area contributed by atoms with Crippen LogP contribution in [0.4, 0.5) is 0 Å². The van der Waals surface area contributed by atoms with Crippen molar-refractivity contribution in [2.24, 2.45) is 5.92 Å². The number of piperidine rings is 1. The summed E-state index contributed by atoms with van der Waals surface area (Å²) in [5.41, 5.74) is 1.24. The summed E-state index contributed by atoms with van der Waals surface area (Å²) < 4.78 is 5.38. The lowest BCUT2D eigenvalue weighted by Crippen LogP contribution is -2.40. The van der Waals surface area contributed by atoms with Gasteiger partial charge in [-0.1, -0.05) is 18.2 Å². The van der Waals surface area contributed by atoms with Crippen molar-refractivity contribution in [3.05, 3.63) is 36.1 Å². The second kappa shape index (κ2) is 5.00. The molecule has 0 aliphatic carbocycles. The third kappa shape index (κ3) is 2.15. The molecule has 0 spiro atoms. The van der Waals surface area contributed by atoms with Gasteiger partial charge in [0.2, 0.25) is 0 Å². The Morgan fingerprint density at radius 2 is 1.90 bits per heavy atom. The number of carboxylic acids is 1. The molecule has 1 fully saturated rings. The predicted octanol–water partition coefficient (Wildman–Crippen LogP) is 2.37. The van der Waals surface area contributed by atoms with E-state index in [1.807, 2.05) is 24.3 Å². The number of aliphatic carboxylic acids is 1. The summed E-state index contributed by atoms with van der Waals surface area (Å²) in [4.78, 5) is 25.1. The van der Waals surface area contributed by atoms with Crippen molar-refractivity contribution in [2.45, 2.75) is 12.8 Å². The molecule has 104 valence electrons. The maximum Gasteiger partial charge on any atom is 0.306 e. The zero-order chi connectivity index (χ0) is 14.1. The topological polar surface area (TPSA) is 70.8 Å². The summed E-state index contributed by atoms with van der Waals surface area (Å²) in [7, 11) is 0. The summed E-state index contributed by atoms with van der Waals surface area (Å²) in [6, 6.07) is 7.41. The minimum Gasteiger partial charge on any atom is -0.481 e. The van der Waals surface area contributed by atoms with Gasteiger partial charge in [-0.2, -0.15) is 0 Å². The van der Waals surface area contributed by atoms with Crippen LogP contribution >= 0.6 is 0 Å². The van der Waals surface area contributed by atoms with E-state index in [0.29, 0.717) is 37.1 Å². The first kappa shape index (κ1) is 12.7. The maximum atomic E-state index is 12.5. The van der Waals surface area contributed by atoms with Crippen molar-refractivity contribution >= 4 is 22.8 Å². The number of carbonyl (C=O) groups excluding carboxylic acids is 1. The van der Waals surface area contributed by atoms with E-state index in [2.05, 4.69) is 0 Å². The maximum absolute atomic E-state index is 12.5. The first-order valence-electron chi connectivity index (χ1n) is 6.65. The Kier molecular flexibility index (Phi) is 3.18. The van der Waals surface area contributed by atoms with Gasteiger partial charge in [-0.15, -0.1) is 0 Å². The van der Waals surface area contributed by atoms with E-state index in [0.717, 1.165) is 5.39 Å². The van der Waals surface area contributed by atoms with E-state index < -0.39 is 5.97 Å². The van der Waals surface area contributed by atoms with Gasteiger partial charge in [0.25, 0.3) is 5.91 Å². The lowest BCUT2D eigenvalue weighted by molar-refractivity contribution is -0.143. The number of rotatable bonds is 2. The van der Waals surface area contributed by atoms with Crippen molar-refractivity contribution in [3.8, 4) is 0 Å². The van der Waals surface area contributed by atoms with E-state index in [4.69, 9.17) is 9.52 Å². The van der Waals surface area contributed by atoms with Crippen LogP contribution in [0.3, 0.4) is 0 Å². The SMILES string of the molecule is O=C(O)C1CCN(C(=O)c2coc3ccccc23)CC1. The fourth-order valence-electron chi connectivity index (χ4n) is 2.64. The average Bonchev–Trinajstić information content (AvgIpc) is 2.90. The lowest BCUT2D eigenvalue weighted by atomic mass is 9.96. The molecule has 0 unspecified atom stereocenters. The molecule has 1 N–H and O–H groups in total. The van der Waals surface area contributed by atoms with Gasteiger partial charge in [0, 0.05) is 18.5 Å². The number of amides is 1. The average molecular weight is 273 g/mol. The molecule has 0 bridgehead atoms. The predicted molar refractivity (Wildman–Crippen MR) is 72.5 cm³/mol. The minimum atomic E-state index is -0.772. The van der Waals surface area contributed by atoms with Gasteiger partial charge in [0.15, 0.2) is 0 Å². The van der Waals surface area contributed by atoms with Crippen LogP contribution in [-0.2, 0) is 4.79 Å². The molecule has 0 atom stereocenters. The van der Waals surface area contributed by atoms with Gasteiger partial charge in [-0.3, -0.25) is 9.59 Å². The Hall–Kier alpha value is -2.30. The van der Waals surface area contributed by atoms with E-state index in [1.54, 1.807) is 4.90 Å². The van der Waals surface area contributed by atoms with Crippen LogP contribution in [-0.4, -0.2) is 35.0 Å². The minimum absolute atomic E-state index is 0.0845.